The molecular weight excluding hydrogens is 457 g/mol. The number of piperazine rings is 1. The van der Waals surface area contributed by atoms with Crippen molar-refractivity contribution in [3.63, 3.8) is 0 Å². The number of hydrogen-bond donors (Lipinski definition) is 2. The fourth-order valence-electron chi connectivity index (χ4n) is 5.31. The third-order valence-electron chi connectivity index (χ3n) is 7.78. The molecule has 2 aromatic rings. The maximum Gasteiger partial charge on any atom is 0.240 e. The number of rotatable bonds is 5. The van der Waals surface area contributed by atoms with Crippen LogP contribution in [-0.2, 0) is 11.3 Å². The molecule has 0 saturated carbocycles. The number of amides is 1. The summed E-state index contributed by atoms with van der Waals surface area (Å²) in [6, 6.07) is 7.33. The predicted molar refractivity (Wildman–Crippen MR) is 140 cm³/mol. The number of nitrogens with zero attached hydrogens (tertiary/aromatic N) is 5. The van der Waals surface area contributed by atoms with Gasteiger partial charge in [0.1, 0.15) is 23.8 Å². The number of aromatic nitrogens is 2. The van der Waals surface area contributed by atoms with Crippen molar-refractivity contribution in [2.45, 2.75) is 45.2 Å². The average molecular weight is 494 g/mol. The maximum atomic E-state index is 15.2. The van der Waals surface area contributed by atoms with E-state index in [4.69, 9.17) is 0 Å². The summed E-state index contributed by atoms with van der Waals surface area (Å²) in [5.41, 5.74) is 1.34. The number of anilines is 3. The van der Waals surface area contributed by atoms with Gasteiger partial charge in [-0.2, -0.15) is 0 Å². The zero-order chi connectivity index (χ0) is 25.3. The third kappa shape index (κ3) is 5.31. The minimum absolute atomic E-state index is 0.0562. The molecule has 8 nitrogen and oxygen atoms in total. The van der Waals surface area contributed by atoms with E-state index in [1.165, 1.54) is 6.33 Å². The summed E-state index contributed by atoms with van der Waals surface area (Å²) < 4.78 is 15.2. The van der Waals surface area contributed by atoms with Crippen LogP contribution >= 0.6 is 0 Å². The van der Waals surface area contributed by atoms with Crippen LogP contribution < -0.4 is 20.4 Å². The Hall–Kier alpha value is -3.20. The van der Waals surface area contributed by atoms with Gasteiger partial charge in [0.05, 0.1) is 12.1 Å². The van der Waals surface area contributed by atoms with Crippen LogP contribution in [0.5, 0.6) is 0 Å². The smallest absolute Gasteiger partial charge is 0.240 e. The molecule has 1 amide bonds. The number of piperidine rings is 1. The Morgan fingerprint density at radius 1 is 1.11 bits per heavy atom. The highest BCUT2D eigenvalue weighted by Crippen LogP contribution is 2.32. The van der Waals surface area contributed by atoms with Crippen LogP contribution in [0.4, 0.5) is 21.7 Å². The lowest BCUT2D eigenvalue weighted by Gasteiger charge is -2.45. The van der Waals surface area contributed by atoms with E-state index in [1.807, 2.05) is 42.4 Å². The molecule has 1 aromatic heterocycles. The fourth-order valence-corrected chi connectivity index (χ4v) is 5.31. The maximum absolute atomic E-state index is 15.2. The molecule has 1 aromatic carbocycles. The number of carbonyl (C=O) groups excluding carboxylic acids is 1. The molecule has 2 N–H and O–H groups in total. The van der Waals surface area contributed by atoms with Crippen LogP contribution in [0.2, 0.25) is 0 Å². The summed E-state index contributed by atoms with van der Waals surface area (Å²) >= 11 is 0. The Kier molecular flexibility index (Phi) is 6.59. The Labute approximate surface area is 212 Å². The summed E-state index contributed by atoms with van der Waals surface area (Å²) in [6.07, 6.45) is 8.53. The highest BCUT2D eigenvalue weighted by atomic mass is 19.1. The standard InChI is InChI=1S/C27H36FN7O/c1-26(2)6-10-33(11-7-26)16-20-4-5-21(14-22(20)28)35-17-25(36)32-27(18-35)8-12-34(13-9-27)24-15-23(29-3)30-19-31-24/h4-5,8,12,14-15,19H,6-7,9-11,13,16-18H2,1-3H3,(H,32,36)(H,29,30,31)/t27-/m1/s1. The second kappa shape index (κ2) is 9.69. The van der Waals surface area contributed by atoms with Gasteiger partial charge in [-0.25, -0.2) is 14.4 Å². The first-order valence-electron chi connectivity index (χ1n) is 12.8. The van der Waals surface area contributed by atoms with Crippen molar-refractivity contribution in [3.8, 4) is 0 Å². The Balaban J connectivity index is 1.27. The minimum Gasteiger partial charge on any atom is -0.373 e. The number of nitrogens with one attached hydrogen (secondary N) is 2. The molecule has 36 heavy (non-hydrogen) atoms. The normalized spacial score (nSPS) is 24.2. The third-order valence-corrected chi connectivity index (χ3v) is 7.78. The van der Waals surface area contributed by atoms with Crippen LogP contribution in [0.15, 0.2) is 42.9 Å². The van der Waals surface area contributed by atoms with Gasteiger partial charge in [-0.3, -0.25) is 9.69 Å². The molecule has 9 heteroatoms. The fraction of sp³-hybridized carbons (Fsp3) is 0.519. The van der Waals surface area contributed by atoms with Crippen molar-refractivity contribution in [3.05, 3.63) is 54.2 Å². The van der Waals surface area contributed by atoms with Gasteiger partial charge in [-0.15, -0.1) is 0 Å². The molecule has 5 rings (SSSR count). The first-order chi connectivity index (χ1) is 17.2. The van der Waals surface area contributed by atoms with E-state index >= 15 is 4.39 Å². The quantitative estimate of drug-likeness (QED) is 0.661. The van der Waals surface area contributed by atoms with E-state index in [-0.39, 0.29) is 18.3 Å². The SMILES string of the molecule is CNc1cc(N2C=C[C@@]3(CC2)CN(c2ccc(CN4CCC(C)(C)CC4)c(F)c2)CC(=O)N3)ncn1. The molecule has 3 aliphatic rings. The van der Waals surface area contributed by atoms with Gasteiger partial charge in [0.2, 0.25) is 5.91 Å². The lowest BCUT2D eigenvalue weighted by atomic mass is 9.82. The number of benzene rings is 1. The highest BCUT2D eigenvalue weighted by Gasteiger charge is 2.39. The van der Waals surface area contributed by atoms with Gasteiger partial charge in [-0.1, -0.05) is 19.9 Å². The number of carbonyl (C=O) groups is 1. The second-order valence-corrected chi connectivity index (χ2v) is 11.0. The van der Waals surface area contributed by atoms with Gasteiger partial charge in [0.25, 0.3) is 0 Å². The molecule has 1 spiro atoms. The van der Waals surface area contributed by atoms with E-state index < -0.39 is 5.54 Å². The number of halogens is 1. The Morgan fingerprint density at radius 2 is 1.92 bits per heavy atom. The van der Waals surface area contributed by atoms with E-state index in [0.717, 1.165) is 49.7 Å². The zero-order valence-electron chi connectivity index (χ0n) is 21.4. The molecule has 0 bridgehead atoms. The average Bonchev–Trinajstić information content (AvgIpc) is 2.86. The zero-order valence-corrected chi connectivity index (χ0v) is 21.4. The molecule has 2 saturated heterocycles. The molecular formula is C27H36FN7O. The van der Waals surface area contributed by atoms with Crippen LogP contribution in [0.1, 0.15) is 38.7 Å². The molecule has 192 valence electrons. The summed E-state index contributed by atoms with van der Waals surface area (Å²) in [5, 5.41) is 6.20. The Bertz CT molecular complexity index is 1140. The topological polar surface area (TPSA) is 76.6 Å². The van der Waals surface area contributed by atoms with Crippen molar-refractivity contribution in [2.75, 3.05) is 54.9 Å². The number of hydrogen-bond acceptors (Lipinski definition) is 7. The molecule has 0 aliphatic carbocycles. The van der Waals surface area contributed by atoms with E-state index in [1.54, 1.807) is 6.07 Å². The van der Waals surface area contributed by atoms with Crippen LogP contribution in [0.25, 0.3) is 0 Å². The largest absolute Gasteiger partial charge is 0.373 e. The minimum atomic E-state index is -0.500. The van der Waals surface area contributed by atoms with Gasteiger partial charge in [-0.05, 0) is 56.0 Å². The van der Waals surface area contributed by atoms with E-state index in [9.17, 15) is 4.79 Å². The summed E-state index contributed by atoms with van der Waals surface area (Å²) in [6.45, 7) is 8.74. The summed E-state index contributed by atoms with van der Waals surface area (Å²) in [4.78, 5) is 27.6. The van der Waals surface area contributed by atoms with Gasteiger partial charge < -0.3 is 20.4 Å². The molecule has 1 atom stereocenters. The summed E-state index contributed by atoms with van der Waals surface area (Å²) in [5.74, 6) is 1.29. The van der Waals surface area contributed by atoms with Crippen LogP contribution in [0, 0.1) is 11.2 Å². The van der Waals surface area contributed by atoms with Crippen molar-refractivity contribution < 1.29 is 9.18 Å². The molecule has 0 radical (unpaired) electrons. The lowest BCUT2D eigenvalue weighted by Crippen LogP contribution is -2.64. The predicted octanol–water partition coefficient (Wildman–Crippen LogP) is 3.38. The van der Waals surface area contributed by atoms with Gasteiger partial charge >= 0.3 is 0 Å². The van der Waals surface area contributed by atoms with Crippen molar-refractivity contribution in [1.29, 1.82) is 0 Å². The monoisotopic (exact) mass is 493 g/mol. The van der Waals surface area contributed by atoms with Gasteiger partial charge in [0.15, 0.2) is 0 Å². The van der Waals surface area contributed by atoms with Crippen LogP contribution in [0.3, 0.4) is 0 Å². The van der Waals surface area contributed by atoms with Crippen molar-refractivity contribution in [2.24, 2.45) is 5.41 Å². The highest BCUT2D eigenvalue weighted by molar-refractivity contribution is 5.84. The molecule has 0 unspecified atom stereocenters. The van der Waals surface area contributed by atoms with Crippen molar-refractivity contribution in [1.82, 2.24) is 20.2 Å². The second-order valence-electron chi connectivity index (χ2n) is 11.0. The number of likely N-dealkylation sites (tertiary alicyclic amines) is 1. The first kappa shape index (κ1) is 24.5. The van der Waals surface area contributed by atoms with Gasteiger partial charge in [0, 0.05) is 50.2 Å². The molecule has 2 fully saturated rings. The molecule has 4 heterocycles. The van der Waals surface area contributed by atoms with E-state index in [0.29, 0.717) is 30.6 Å². The lowest BCUT2D eigenvalue weighted by molar-refractivity contribution is -0.122. The Morgan fingerprint density at radius 3 is 2.61 bits per heavy atom. The first-order valence-corrected chi connectivity index (χ1v) is 12.8. The van der Waals surface area contributed by atoms with Crippen LogP contribution in [-0.4, -0.2) is 66.1 Å². The van der Waals surface area contributed by atoms with Crippen molar-refractivity contribution >= 4 is 23.2 Å². The van der Waals surface area contributed by atoms with E-state index in [2.05, 4.69) is 44.2 Å². The summed E-state index contributed by atoms with van der Waals surface area (Å²) in [7, 11) is 1.82. The molecule has 3 aliphatic heterocycles.